The fourth-order valence-electron chi connectivity index (χ4n) is 1.96. The van der Waals surface area contributed by atoms with Gasteiger partial charge in [0.25, 0.3) is 0 Å². The first-order valence-electron chi connectivity index (χ1n) is 6.00. The minimum Gasteiger partial charge on any atom is -0.398 e. The molecule has 0 bridgehead atoms. The molecule has 0 spiro atoms. The molecule has 0 fully saturated rings. The Labute approximate surface area is 114 Å². The van der Waals surface area contributed by atoms with Gasteiger partial charge in [-0.15, -0.1) is 0 Å². The van der Waals surface area contributed by atoms with Crippen LogP contribution in [-0.2, 0) is 5.54 Å². The molecule has 1 aliphatic rings. The third-order valence-corrected chi connectivity index (χ3v) is 3.00. The number of nitrogen functional groups attached to an aromatic ring is 1. The van der Waals surface area contributed by atoms with Crippen LogP contribution in [0, 0.1) is 0 Å². The summed E-state index contributed by atoms with van der Waals surface area (Å²) >= 11 is 0. The van der Waals surface area contributed by atoms with Crippen LogP contribution >= 0.6 is 0 Å². The summed E-state index contributed by atoms with van der Waals surface area (Å²) in [5.41, 5.74) is 12.4. The van der Waals surface area contributed by atoms with Gasteiger partial charge < -0.3 is 16.8 Å². The molecule has 7 heteroatoms. The quantitative estimate of drug-likeness (QED) is 0.742. The number of aliphatic imine (C=N–C) groups is 1. The molecular weight excluding hydrogens is 269 g/mol. The number of rotatable bonds is 3. The molecule has 0 amide bonds. The summed E-state index contributed by atoms with van der Waals surface area (Å²) < 4.78 is 36.3. The third kappa shape index (κ3) is 3.30. The first kappa shape index (κ1) is 14.4. The van der Waals surface area contributed by atoms with Gasteiger partial charge in [-0.3, -0.25) is 0 Å². The highest BCUT2D eigenvalue weighted by Gasteiger charge is 2.30. The highest BCUT2D eigenvalue weighted by Crippen LogP contribution is 2.29. The van der Waals surface area contributed by atoms with Crippen molar-refractivity contribution in [1.29, 1.82) is 0 Å². The second-order valence-electron chi connectivity index (χ2n) is 4.65. The van der Waals surface area contributed by atoms with E-state index in [-0.39, 0.29) is 5.82 Å². The standard InChI is InChI=1S/C13H15F3N4/c14-13(15,16)8-20-11-5-6-12(18,7-19-11)9-3-1-2-4-10(9)17/h1-5,7,20H,6,8,17-18H2. The molecule has 0 aliphatic carbocycles. The molecule has 1 aliphatic heterocycles. The van der Waals surface area contributed by atoms with Crippen LogP contribution in [0.3, 0.4) is 0 Å². The van der Waals surface area contributed by atoms with Crippen LogP contribution in [0.15, 0.2) is 41.2 Å². The van der Waals surface area contributed by atoms with Crippen LogP contribution in [0.2, 0.25) is 0 Å². The molecule has 1 unspecified atom stereocenters. The Balaban J connectivity index is 2.09. The van der Waals surface area contributed by atoms with Crippen molar-refractivity contribution in [3.05, 3.63) is 41.7 Å². The molecular formula is C13H15F3N4. The number of nitrogens with zero attached hydrogens (tertiary/aromatic N) is 1. The highest BCUT2D eigenvalue weighted by atomic mass is 19.4. The van der Waals surface area contributed by atoms with Gasteiger partial charge in [-0.05, 0) is 18.6 Å². The number of halogens is 3. The first-order valence-corrected chi connectivity index (χ1v) is 6.00. The van der Waals surface area contributed by atoms with Crippen molar-refractivity contribution >= 4 is 11.9 Å². The Kier molecular flexibility index (Phi) is 3.71. The van der Waals surface area contributed by atoms with Crippen LogP contribution in [0.25, 0.3) is 0 Å². The van der Waals surface area contributed by atoms with Crippen molar-refractivity contribution in [2.24, 2.45) is 10.7 Å². The Hall–Kier alpha value is -2.02. The second-order valence-corrected chi connectivity index (χ2v) is 4.65. The third-order valence-electron chi connectivity index (χ3n) is 3.00. The fraction of sp³-hybridized carbons (Fsp3) is 0.308. The van der Waals surface area contributed by atoms with E-state index in [1.807, 2.05) is 0 Å². The van der Waals surface area contributed by atoms with Crippen molar-refractivity contribution < 1.29 is 13.2 Å². The zero-order valence-corrected chi connectivity index (χ0v) is 10.6. The average molecular weight is 284 g/mol. The van der Waals surface area contributed by atoms with Crippen LogP contribution in [0.5, 0.6) is 0 Å². The molecule has 5 N–H and O–H groups in total. The lowest BCUT2D eigenvalue weighted by Crippen LogP contribution is -2.41. The maximum absolute atomic E-state index is 12.1. The van der Waals surface area contributed by atoms with Crippen LogP contribution in [0.4, 0.5) is 18.9 Å². The SMILES string of the molecule is Nc1ccccc1C1(N)C=NC(NCC(F)(F)F)=CC1. The van der Waals surface area contributed by atoms with Gasteiger partial charge in [0.15, 0.2) is 0 Å². The maximum atomic E-state index is 12.1. The second kappa shape index (κ2) is 5.16. The zero-order chi connectivity index (χ0) is 14.8. The molecule has 1 atom stereocenters. The summed E-state index contributed by atoms with van der Waals surface area (Å²) in [5, 5.41) is 2.22. The molecule has 1 aromatic rings. The summed E-state index contributed by atoms with van der Waals surface area (Å²) in [5.74, 6) is 0.165. The van der Waals surface area contributed by atoms with Crippen LogP contribution in [0.1, 0.15) is 12.0 Å². The van der Waals surface area contributed by atoms with Crippen LogP contribution in [-0.4, -0.2) is 18.9 Å². The normalized spacial score (nSPS) is 22.5. The van der Waals surface area contributed by atoms with Gasteiger partial charge in [0.1, 0.15) is 12.4 Å². The largest absolute Gasteiger partial charge is 0.405 e. The molecule has 0 saturated carbocycles. The number of para-hydroxylation sites is 1. The van der Waals surface area contributed by atoms with Gasteiger partial charge in [0.05, 0.1) is 5.54 Å². The van der Waals surface area contributed by atoms with Crippen molar-refractivity contribution in [3.8, 4) is 0 Å². The molecule has 0 saturated heterocycles. The lowest BCUT2D eigenvalue weighted by atomic mass is 9.86. The summed E-state index contributed by atoms with van der Waals surface area (Å²) in [6.07, 6.45) is -0.988. The number of benzene rings is 1. The Morgan fingerprint density at radius 3 is 2.55 bits per heavy atom. The number of hydrogen-bond donors (Lipinski definition) is 3. The van der Waals surface area contributed by atoms with Gasteiger partial charge in [0.2, 0.25) is 0 Å². The number of anilines is 1. The van der Waals surface area contributed by atoms with E-state index in [0.29, 0.717) is 17.7 Å². The number of alkyl halides is 3. The average Bonchev–Trinajstić information content (AvgIpc) is 2.37. The molecule has 20 heavy (non-hydrogen) atoms. The zero-order valence-electron chi connectivity index (χ0n) is 10.6. The summed E-state index contributed by atoms with van der Waals surface area (Å²) in [6.45, 7) is -1.12. The van der Waals surface area contributed by atoms with E-state index in [2.05, 4.69) is 10.3 Å². The maximum Gasteiger partial charge on any atom is 0.405 e. The van der Waals surface area contributed by atoms with Gasteiger partial charge in [-0.25, -0.2) is 4.99 Å². The minimum absolute atomic E-state index is 0.165. The van der Waals surface area contributed by atoms with Crippen LogP contribution < -0.4 is 16.8 Å². The van der Waals surface area contributed by atoms with E-state index in [4.69, 9.17) is 11.5 Å². The Bertz CT molecular complexity index is 551. The molecule has 1 heterocycles. The van der Waals surface area contributed by atoms with Gasteiger partial charge in [0, 0.05) is 17.5 Å². The topological polar surface area (TPSA) is 76.4 Å². The Morgan fingerprint density at radius 2 is 2.00 bits per heavy atom. The lowest BCUT2D eigenvalue weighted by Gasteiger charge is -2.28. The van der Waals surface area contributed by atoms with E-state index >= 15 is 0 Å². The predicted octanol–water partition coefficient (Wildman–Crippen LogP) is 1.89. The van der Waals surface area contributed by atoms with E-state index < -0.39 is 18.3 Å². The van der Waals surface area contributed by atoms with E-state index in [1.54, 1.807) is 24.3 Å². The minimum atomic E-state index is -4.28. The van der Waals surface area contributed by atoms with Gasteiger partial charge >= 0.3 is 6.18 Å². The van der Waals surface area contributed by atoms with E-state index in [1.165, 1.54) is 12.3 Å². The van der Waals surface area contributed by atoms with Crippen molar-refractivity contribution in [2.45, 2.75) is 18.1 Å². The van der Waals surface area contributed by atoms with Crippen molar-refractivity contribution in [3.63, 3.8) is 0 Å². The smallest absolute Gasteiger partial charge is 0.398 e. The lowest BCUT2D eigenvalue weighted by molar-refractivity contribution is -0.123. The molecule has 2 rings (SSSR count). The Morgan fingerprint density at radius 1 is 1.30 bits per heavy atom. The van der Waals surface area contributed by atoms with Crippen molar-refractivity contribution in [2.75, 3.05) is 12.3 Å². The summed E-state index contributed by atoms with van der Waals surface area (Å²) in [4.78, 5) is 3.95. The molecule has 108 valence electrons. The van der Waals surface area contributed by atoms with Gasteiger partial charge in [-0.2, -0.15) is 13.2 Å². The summed E-state index contributed by atoms with van der Waals surface area (Å²) in [6, 6.07) is 7.09. The number of hydrogen-bond acceptors (Lipinski definition) is 4. The molecule has 1 aromatic carbocycles. The fourth-order valence-corrected chi connectivity index (χ4v) is 1.96. The van der Waals surface area contributed by atoms with Crippen molar-refractivity contribution in [1.82, 2.24) is 5.32 Å². The monoisotopic (exact) mass is 284 g/mol. The molecule has 0 aromatic heterocycles. The highest BCUT2D eigenvalue weighted by molar-refractivity contribution is 5.78. The first-order chi connectivity index (χ1) is 9.30. The van der Waals surface area contributed by atoms with Gasteiger partial charge in [-0.1, -0.05) is 18.2 Å². The predicted molar refractivity (Wildman–Crippen MR) is 72.0 cm³/mol. The number of nitrogens with one attached hydrogen (secondary N) is 1. The molecule has 0 radical (unpaired) electrons. The summed E-state index contributed by atoms with van der Waals surface area (Å²) in [7, 11) is 0. The van der Waals surface area contributed by atoms with E-state index in [0.717, 1.165) is 0 Å². The molecule has 4 nitrogen and oxygen atoms in total. The van der Waals surface area contributed by atoms with E-state index in [9.17, 15) is 13.2 Å². The number of nitrogens with two attached hydrogens (primary N) is 2.